The van der Waals surface area contributed by atoms with E-state index in [0.717, 1.165) is 5.56 Å². The SMILES string of the molecule is CC(C)C[C@H]1NC(=O)[C@@H](C)NC(=O)c2cccc(c2)CNC(=O)c2ccc(cc2)OCCCn2cc(nn2)CNC1=O. The van der Waals surface area contributed by atoms with Crippen LogP contribution in [0.15, 0.2) is 54.7 Å². The first-order chi connectivity index (χ1) is 20.2. The van der Waals surface area contributed by atoms with E-state index >= 15 is 0 Å². The van der Waals surface area contributed by atoms with Crippen molar-refractivity contribution in [3.63, 3.8) is 0 Å². The van der Waals surface area contributed by atoms with Crippen LogP contribution in [0.5, 0.6) is 5.75 Å². The molecule has 0 radical (unpaired) electrons. The van der Waals surface area contributed by atoms with Gasteiger partial charge in [-0.25, -0.2) is 0 Å². The average molecular weight is 576 g/mol. The molecule has 0 spiro atoms. The topological polar surface area (TPSA) is 156 Å². The van der Waals surface area contributed by atoms with Crippen molar-refractivity contribution in [2.75, 3.05) is 6.61 Å². The van der Waals surface area contributed by atoms with E-state index in [1.54, 1.807) is 66.3 Å². The molecular weight excluding hydrogens is 538 g/mol. The number of hydrogen-bond acceptors (Lipinski definition) is 7. The monoisotopic (exact) mass is 575 g/mol. The molecule has 0 unspecified atom stereocenters. The summed E-state index contributed by atoms with van der Waals surface area (Å²) in [4.78, 5) is 51.6. The molecule has 3 heterocycles. The zero-order chi connectivity index (χ0) is 30.1. The largest absolute Gasteiger partial charge is 0.494 e. The van der Waals surface area contributed by atoms with Gasteiger partial charge in [-0.05, 0) is 61.2 Å². The fraction of sp³-hybridized carbons (Fsp3) is 0.400. The molecule has 1 aromatic heterocycles. The third kappa shape index (κ3) is 8.63. The third-order valence-corrected chi connectivity index (χ3v) is 6.67. The molecule has 42 heavy (non-hydrogen) atoms. The molecule has 4 amide bonds. The number of nitrogens with zero attached hydrogens (tertiary/aromatic N) is 3. The van der Waals surface area contributed by atoms with Crippen LogP contribution in [-0.2, 0) is 29.2 Å². The number of carbonyl (C=O) groups is 4. The Morgan fingerprint density at radius 2 is 1.71 bits per heavy atom. The summed E-state index contributed by atoms with van der Waals surface area (Å²) in [6.07, 6.45) is 2.84. The number of carbonyl (C=O) groups excluding carboxylic acids is 4. The first kappa shape index (κ1) is 30.2. The molecule has 6 bridgehead atoms. The highest BCUT2D eigenvalue weighted by molar-refractivity contribution is 5.98. The molecule has 3 aromatic rings. The highest BCUT2D eigenvalue weighted by atomic mass is 16.5. The number of benzene rings is 2. The second-order valence-electron chi connectivity index (χ2n) is 10.7. The van der Waals surface area contributed by atoms with Gasteiger partial charge < -0.3 is 26.0 Å². The molecule has 222 valence electrons. The van der Waals surface area contributed by atoms with Gasteiger partial charge in [0, 0.05) is 30.6 Å². The number of ether oxygens (including phenoxy) is 1. The first-order valence-corrected chi connectivity index (χ1v) is 14.1. The smallest absolute Gasteiger partial charge is 0.251 e. The zero-order valence-corrected chi connectivity index (χ0v) is 24.1. The Hall–Kier alpha value is -4.74. The van der Waals surface area contributed by atoms with Crippen molar-refractivity contribution < 1.29 is 23.9 Å². The van der Waals surface area contributed by atoms with E-state index in [1.165, 1.54) is 0 Å². The molecule has 2 aromatic carbocycles. The molecule has 5 rings (SSSR count). The number of rotatable bonds is 2. The maximum absolute atomic E-state index is 13.0. The van der Waals surface area contributed by atoms with Crippen LogP contribution >= 0.6 is 0 Å². The summed E-state index contributed by atoms with van der Waals surface area (Å²) < 4.78 is 7.47. The third-order valence-electron chi connectivity index (χ3n) is 6.67. The zero-order valence-electron chi connectivity index (χ0n) is 24.1. The van der Waals surface area contributed by atoms with Crippen LogP contribution in [0.3, 0.4) is 0 Å². The Kier molecular flexibility index (Phi) is 10.2. The van der Waals surface area contributed by atoms with Gasteiger partial charge in [-0.15, -0.1) is 5.10 Å². The van der Waals surface area contributed by atoms with Gasteiger partial charge in [-0.3, -0.25) is 23.9 Å². The van der Waals surface area contributed by atoms with E-state index in [1.807, 2.05) is 13.8 Å². The van der Waals surface area contributed by atoms with Gasteiger partial charge in [0.05, 0.1) is 19.3 Å². The minimum absolute atomic E-state index is 0.135. The van der Waals surface area contributed by atoms with E-state index in [-0.39, 0.29) is 30.8 Å². The van der Waals surface area contributed by atoms with E-state index in [2.05, 4.69) is 31.6 Å². The predicted molar refractivity (Wildman–Crippen MR) is 154 cm³/mol. The molecule has 4 N–H and O–H groups in total. The molecule has 0 saturated carbocycles. The van der Waals surface area contributed by atoms with Crippen molar-refractivity contribution in [3.05, 3.63) is 77.1 Å². The molecule has 12 heteroatoms. The highest BCUT2D eigenvalue weighted by Crippen LogP contribution is 2.14. The lowest BCUT2D eigenvalue weighted by Gasteiger charge is -2.22. The minimum Gasteiger partial charge on any atom is -0.494 e. The van der Waals surface area contributed by atoms with Crippen LogP contribution in [-0.4, -0.2) is 57.3 Å². The molecule has 2 atom stereocenters. The summed E-state index contributed by atoms with van der Waals surface area (Å²) >= 11 is 0. The minimum atomic E-state index is -0.895. The number of aryl methyl sites for hydroxylation is 1. The van der Waals surface area contributed by atoms with E-state index in [9.17, 15) is 19.2 Å². The number of amides is 4. The maximum atomic E-state index is 13.0. The van der Waals surface area contributed by atoms with Gasteiger partial charge in [0.25, 0.3) is 11.8 Å². The molecule has 2 aliphatic rings. The second-order valence-corrected chi connectivity index (χ2v) is 10.7. The fourth-order valence-corrected chi connectivity index (χ4v) is 4.40. The summed E-state index contributed by atoms with van der Waals surface area (Å²) in [5, 5.41) is 19.4. The summed E-state index contributed by atoms with van der Waals surface area (Å²) in [7, 11) is 0. The fourth-order valence-electron chi connectivity index (χ4n) is 4.40. The van der Waals surface area contributed by atoms with Gasteiger partial charge in [0.15, 0.2) is 0 Å². The van der Waals surface area contributed by atoms with Gasteiger partial charge in [-0.1, -0.05) is 31.2 Å². The summed E-state index contributed by atoms with van der Waals surface area (Å²) in [5.41, 5.74) is 2.13. The highest BCUT2D eigenvalue weighted by Gasteiger charge is 2.25. The van der Waals surface area contributed by atoms with Crippen LogP contribution < -0.4 is 26.0 Å². The Morgan fingerprint density at radius 3 is 2.48 bits per heavy atom. The van der Waals surface area contributed by atoms with Gasteiger partial charge in [-0.2, -0.15) is 0 Å². The quantitative estimate of drug-likeness (QED) is 0.340. The van der Waals surface area contributed by atoms with E-state index in [0.29, 0.717) is 48.6 Å². The van der Waals surface area contributed by atoms with E-state index in [4.69, 9.17) is 4.74 Å². The lowest BCUT2D eigenvalue weighted by atomic mass is 10.0. The van der Waals surface area contributed by atoms with Crippen LogP contribution in [0.2, 0.25) is 0 Å². The average Bonchev–Trinajstić information content (AvgIpc) is 3.44. The van der Waals surface area contributed by atoms with Crippen molar-refractivity contribution in [2.24, 2.45) is 5.92 Å². The summed E-state index contributed by atoms with van der Waals surface area (Å²) in [6, 6.07) is 12.0. The van der Waals surface area contributed by atoms with Crippen molar-refractivity contribution in [3.8, 4) is 5.75 Å². The number of hydrogen-bond donors (Lipinski definition) is 4. The number of nitrogens with one attached hydrogen (secondary N) is 4. The van der Waals surface area contributed by atoms with Gasteiger partial charge >= 0.3 is 0 Å². The Labute approximate surface area is 244 Å². The van der Waals surface area contributed by atoms with Gasteiger partial charge in [0.2, 0.25) is 11.8 Å². The summed E-state index contributed by atoms with van der Waals surface area (Å²) in [6.45, 7) is 6.85. The predicted octanol–water partition coefficient (Wildman–Crippen LogP) is 1.96. The summed E-state index contributed by atoms with van der Waals surface area (Å²) in [5.74, 6) is -0.754. The van der Waals surface area contributed by atoms with E-state index < -0.39 is 23.9 Å². The van der Waals surface area contributed by atoms with Crippen molar-refractivity contribution >= 4 is 23.6 Å². The number of fused-ring (bicyclic) bond motifs is 15. The standard InChI is InChI=1S/C30H37N7O5/c1-19(2)14-26-30(41)32-17-24-18-37(36-35-24)12-5-13-42-25-10-8-22(9-11-25)28(39)31-16-21-6-4-7-23(15-21)29(40)33-20(3)27(38)34-26/h4,6-11,15,18-20,26H,5,12-14,16-17H2,1-3H3,(H,31,39)(H,32,41)(H,33,40)(H,34,38)/t20-,26-/m1/s1. The van der Waals surface area contributed by atoms with Crippen LogP contribution in [0.25, 0.3) is 0 Å². The molecular formula is C30H37N7O5. The van der Waals surface area contributed by atoms with Crippen molar-refractivity contribution in [1.82, 2.24) is 36.3 Å². The Balaban J connectivity index is 1.51. The Morgan fingerprint density at radius 1 is 0.929 bits per heavy atom. The van der Waals surface area contributed by atoms with Crippen molar-refractivity contribution in [1.29, 1.82) is 0 Å². The molecule has 12 nitrogen and oxygen atoms in total. The van der Waals surface area contributed by atoms with Crippen LogP contribution in [0, 0.1) is 5.92 Å². The van der Waals surface area contributed by atoms with Crippen LogP contribution in [0.1, 0.15) is 65.6 Å². The molecule has 0 aliphatic carbocycles. The lowest BCUT2D eigenvalue weighted by Crippen LogP contribution is -2.53. The molecule has 0 fully saturated rings. The molecule has 2 aliphatic heterocycles. The lowest BCUT2D eigenvalue weighted by molar-refractivity contribution is -0.130. The van der Waals surface area contributed by atoms with Crippen LogP contribution in [0.4, 0.5) is 0 Å². The number of aromatic nitrogens is 3. The van der Waals surface area contributed by atoms with Gasteiger partial charge in [0.1, 0.15) is 23.5 Å². The normalized spacial score (nSPS) is 19.3. The maximum Gasteiger partial charge on any atom is 0.251 e. The van der Waals surface area contributed by atoms with Crippen molar-refractivity contribution in [2.45, 2.75) is 65.3 Å². The first-order valence-electron chi connectivity index (χ1n) is 14.1. The second kappa shape index (κ2) is 14.2. The Bertz CT molecular complexity index is 1400. The molecule has 0 saturated heterocycles.